The fourth-order valence-electron chi connectivity index (χ4n) is 2.81. The third-order valence-electron chi connectivity index (χ3n) is 2.70. The molecule has 4 heteroatoms. The second kappa shape index (κ2) is 5.89. The van der Waals surface area contributed by atoms with Crippen molar-refractivity contribution < 1.29 is 0 Å². The van der Waals surface area contributed by atoms with Crippen molar-refractivity contribution in [2.45, 2.75) is 73.6 Å². The molecule has 0 nitrogen and oxygen atoms in total. The Balaban J connectivity index is 4.53. The van der Waals surface area contributed by atoms with Crippen molar-refractivity contribution in [2.24, 2.45) is 0 Å². The second-order valence-electron chi connectivity index (χ2n) is 9.16. The van der Waals surface area contributed by atoms with Crippen molar-refractivity contribution in [1.29, 1.82) is 0 Å². The summed E-state index contributed by atoms with van der Waals surface area (Å²) in [5, 5.41) is 0. The Hall–Kier alpha value is 1.19. The Bertz CT molecular complexity index is 170. The SMILES string of the molecule is C[Si](C)(C)[CH2][GeH]([CH2][Si](C)(C)C)[CH2][Si](C)(C)C. The summed E-state index contributed by atoms with van der Waals surface area (Å²) in [5.41, 5.74) is 0. The average Bonchev–Trinajstić information content (AvgIpc) is 1.70. The van der Waals surface area contributed by atoms with Crippen LogP contribution in [0.4, 0.5) is 0 Å². The molecular weight excluding hydrogens is 301 g/mol. The summed E-state index contributed by atoms with van der Waals surface area (Å²) in [7, 11) is -2.38. The van der Waals surface area contributed by atoms with Crippen LogP contribution in [0.15, 0.2) is 0 Å². The zero-order chi connectivity index (χ0) is 13.2. The van der Waals surface area contributed by atoms with Gasteiger partial charge in [0.2, 0.25) is 0 Å². The van der Waals surface area contributed by atoms with E-state index in [9.17, 15) is 0 Å². The van der Waals surface area contributed by atoms with E-state index in [4.69, 9.17) is 0 Å². The minimum atomic E-state index is -0.938. The van der Waals surface area contributed by atoms with Crippen molar-refractivity contribution in [3.8, 4) is 0 Å². The Labute approximate surface area is 112 Å². The maximum absolute atomic E-state index is 2.58. The van der Waals surface area contributed by atoms with Gasteiger partial charge in [-0.3, -0.25) is 0 Å². The summed E-state index contributed by atoms with van der Waals surface area (Å²) in [6.07, 6.45) is 0. The van der Waals surface area contributed by atoms with E-state index in [2.05, 4.69) is 58.9 Å². The summed E-state index contributed by atoms with van der Waals surface area (Å²) in [6.45, 7) is 23.2. The molecule has 0 saturated heterocycles. The van der Waals surface area contributed by atoms with E-state index in [1.165, 1.54) is 0 Å². The van der Waals surface area contributed by atoms with Crippen LogP contribution in [0.25, 0.3) is 0 Å². The van der Waals surface area contributed by atoms with E-state index in [0.717, 1.165) is 0 Å². The maximum atomic E-state index is 2.58. The van der Waals surface area contributed by atoms with E-state index in [1.807, 2.05) is 0 Å². The first-order valence-corrected chi connectivity index (χ1v) is 23.0. The summed E-state index contributed by atoms with van der Waals surface area (Å²) >= 11 is -0.938. The first-order chi connectivity index (χ1) is 6.79. The van der Waals surface area contributed by atoms with Gasteiger partial charge in [0.1, 0.15) is 0 Å². The molecule has 0 aliphatic carbocycles. The molecule has 0 bridgehead atoms. The van der Waals surface area contributed by atoms with Gasteiger partial charge in [0.05, 0.1) is 0 Å². The van der Waals surface area contributed by atoms with Gasteiger partial charge in [0.15, 0.2) is 0 Å². The molecule has 0 amide bonds. The van der Waals surface area contributed by atoms with Crippen molar-refractivity contribution in [1.82, 2.24) is 0 Å². The Kier molecular flexibility index (Phi) is 6.33. The van der Waals surface area contributed by atoms with Crippen LogP contribution >= 0.6 is 0 Å². The topological polar surface area (TPSA) is 0 Å². The molecule has 98 valence electrons. The third kappa shape index (κ3) is 11.7. The zero-order valence-electron chi connectivity index (χ0n) is 13.2. The number of rotatable bonds is 6. The van der Waals surface area contributed by atoms with E-state index in [0.29, 0.717) is 0 Å². The second-order valence-corrected chi connectivity index (χ2v) is 37.1. The van der Waals surface area contributed by atoms with Crippen LogP contribution in [0.2, 0.25) is 73.6 Å². The van der Waals surface area contributed by atoms with E-state index in [-0.39, 0.29) is 0 Å². The van der Waals surface area contributed by atoms with Crippen LogP contribution < -0.4 is 0 Å². The Morgan fingerprint density at radius 3 is 0.812 bits per heavy atom. The van der Waals surface area contributed by atoms with Crippen LogP contribution in [-0.2, 0) is 0 Å². The molecule has 0 aromatic carbocycles. The number of hydrogen-bond donors (Lipinski definition) is 0. The monoisotopic (exact) mass is 336 g/mol. The van der Waals surface area contributed by atoms with Gasteiger partial charge in [0.25, 0.3) is 0 Å². The van der Waals surface area contributed by atoms with Crippen molar-refractivity contribution >= 4 is 38.6 Å². The quantitative estimate of drug-likeness (QED) is 0.609. The molecule has 0 fully saturated rings. The van der Waals surface area contributed by atoms with Crippen molar-refractivity contribution in [2.75, 3.05) is 0 Å². The fraction of sp³-hybridized carbons (Fsp3) is 1.00. The first-order valence-electron chi connectivity index (χ1n) is 6.79. The van der Waals surface area contributed by atoms with Gasteiger partial charge in [-0.1, -0.05) is 0 Å². The summed E-state index contributed by atoms with van der Waals surface area (Å²) in [5.74, 6) is 0. The molecular formula is C12H34GeSi3. The predicted octanol–water partition coefficient (Wildman–Crippen LogP) is 4.85. The Morgan fingerprint density at radius 2 is 0.688 bits per heavy atom. The molecule has 0 unspecified atom stereocenters. The van der Waals surface area contributed by atoms with Crippen LogP contribution in [0.1, 0.15) is 0 Å². The molecule has 0 heterocycles. The van der Waals surface area contributed by atoms with Crippen LogP contribution in [-0.4, -0.2) is 38.6 Å². The molecule has 16 heavy (non-hydrogen) atoms. The molecule has 0 radical (unpaired) electrons. The van der Waals surface area contributed by atoms with E-state index >= 15 is 0 Å². The predicted molar refractivity (Wildman–Crippen MR) is 91.6 cm³/mol. The van der Waals surface area contributed by atoms with Gasteiger partial charge < -0.3 is 0 Å². The zero-order valence-corrected chi connectivity index (χ0v) is 18.6. The van der Waals surface area contributed by atoms with Gasteiger partial charge in [-0.15, -0.1) is 0 Å². The normalized spacial score (nSPS) is 14.6. The number of hydrogen-bond acceptors (Lipinski definition) is 0. The fourth-order valence-corrected chi connectivity index (χ4v) is 50.6. The Morgan fingerprint density at radius 1 is 0.500 bits per heavy atom. The minimum absolute atomic E-state index is 0.792. The van der Waals surface area contributed by atoms with Crippen molar-refractivity contribution in [3.63, 3.8) is 0 Å². The molecule has 0 aliphatic rings. The average molecular weight is 335 g/mol. The molecule has 0 rings (SSSR count). The molecule has 0 atom stereocenters. The van der Waals surface area contributed by atoms with Crippen LogP contribution in [0.3, 0.4) is 0 Å². The summed E-state index contributed by atoms with van der Waals surface area (Å²) in [6, 6.07) is 0. The van der Waals surface area contributed by atoms with Crippen LogP contribution in [0, 0.1) is 0 Å². The molecule has 0 saturated carbocycles. The van der Waals surface area contributed by atoms with Gasteiger partial charge in [-0.05, 0) is 0 Å². The molecule has 0 aliphatic heterocycles. The van der Waals surface area contributed by atoms with E-state index < -0.39 is 38.6 Å². The van der Waals surface area contributed by atoms with Gasteiger partial charge in [-0.25, -0.2) is 0 Å². The summed E-state index contributed by atoms with van der Waals surface area (Å²) in [4.78, 5) is 5.23. The van der Waals surface area contributed by atoms with Crippen molar-refractivity contribution in [3.05, 3.63) is 0 Å². The third-order valence-corrected chi connectivity index (χ3v) is 42.1. The first kappa shape index (κ1) is 17.2. The standard InChI is InChI=1S/C12H34GeSi3/c1-14(2,3)10-13(11-15(4,5)6)12-16(7,8)9/h13H,10-12H2,1-9H3. The molecule has 0 spiro atoms. The molecule has 0 N–H and O–H groups in total. The molecule has 0 aromatic heterocycles. The summed E-state index contributed by atoms with van der Waals surface area (Å²) < 4.78 is 0. The van der Waals surface area contributed by atoms with Gasteiger partial charge in [0, 0.05) is 0 Å². The van der Waals surface area contributed by atoms with E-state index in [1.54, 1.807) is 14.6 Å². The van der Waals surface area contributed by atoms with Crippen LogP contribution in [0.5, 0.6) is 0 Å². The van der Waals surface area contributed by atoms with Gasteiger partial charge >= 0.3 is 112 Å². The molecule has 0 aromatic rings. The van der Waals surface area contributed by atoms with Gasteiger partial charge in [-0.2, -0.15) is 0 Å².